The molecular weight excluding hydrogens is 418 g/mol. The Morgan fingerprint density at radius 3 is 2.87 bits per heavy atom. The standard InChI is InChI=1S/C21H21N5O4S/c1-11-19(27)14-10-13(4-5-17(14)31(11,29)30)24-20-18-16(7-9-23-21(18)28)26(25-20)15(6-8-22)12-2-3-12/h4-5,7,9-12,15,19,27H,2-3,6H2,1H3,(H,23,28)(H,24,25). The van der Waals surface area contributed by atoms with Gasteiger partial charge in [-0.2, -0.15) is 10.4 Å². The number of nitriles is 1. The van der Waals surface area contributed by atoms with Crippen LogP contribution in [0.5, 0.6) is 0 Å². The van der Waals surface area contributed by atoms with Crippen molar-refractivity contribution in [3.63, 3.8) is 0 Å². The number of aliphatic hydroxyl groups excluding tert-OH is 1. The number of aliphatic hydroxyl groups is 1. The number of nitrogens with one attached hydrogen (secondary N) is 2. The summed E-state index contributed by atoms with van der Waals surface area (Å²) in [5.74, 6) is 0.681. The summed E-state index contributed by atoms with van der Waals surface area (Å²) in [7, 11) is -3.56. The van der Waals surface area contributed by atoms with E-state index < -0.39 is 21.2 Å². The van der Waals surface area contributed by atoms with Crippen molar-refractivity contribution in [2.75, 3.05) is 5.32 Å². The number of anilines is 2. The van der Waals surface area contributed by atoms with Crippen LogP contribution in [0.15, 0.2) is 40.2 Å². The van der Waals surface area contributed by atoms with Crippen LogP contribution in [0.3, 0.4) is 0 Å². The van der Waals surface area contributed by atoms with Gasteiger partial charge in [0.15, 0.2) is 15.7 Å². The first-order valence-electron chi connectivity index (χ1n) is 10.1. The molecule has 1 saturated carbocycles. The molecule has 9 nitrogen and oxygen atoms in total. The number of rotatable bonds is 5. The molecule has 5 rings (SSSR count). The number of hydrogen-bond donors (Lipinski definition) is 3. The minimum Gasteiger partial charge on any atom is -0.387 e. The first-order valence-corrected chi connectivity index (χ1v) is 11.7. The van der Waals surface area contributed by atoms with Gasteiger partial charge < -0.3 is 15.4 Å². The SMILES string of the molecule is CC1C(O)c2cc(Nc3nn(C(CC#N)C4CC4)c4cc[nH]c(=O)c34)ccc2S1(=O)=O. The summed E-state index contributed by atoms with van der Waals surface area (Å²) in [5, 5.41) is 26.9. The summed E-state index contributed by atoms with van der Waals surface area (Å²) < 4.78 is 26.6. The molecule has 0 bridgehead atoms. The molecule has 3 heterocycles. The Morgan fingerprint density at radius 2 is 2.16 bits per heavy atom. The van der Waals surface area contributed by atoms with E-state index in [0.717, 1.165) is 12.8 Å². The zero-order valence-electron chi connectivity index (χ0n) is 16.7. The molecule has 1 aliphatic heterocycles. The van der Waals surface area contributed by atoms with Crippen LogP contribution in [0.4, 0.5) is 11.5 Å². The molecule has 0 amide bonds. The molecule has 2 aliphatic rings. The molecule has 1 aromatic carbocycles. The number of benzene rings is 1. The Bertz CT molecular complexity index is 1400. The van der Waals surface area contributed by atoms with Crippen LogP contribution in [0.2, 0.25) is 0 Å². The fourth-order valence-electron chi connectivity index (χ4n) is 4.34. The van der Waals surface area contributed by atoms with Crippen molar-refractivity contribution in [1.29, 1.82) is 5.26 Å². The lowest BCUT2D eigenvalue weighted by molar-refractivity contribution is 0.179. The van der Waals surface area contributed by atoms with Crippen molar-refractivity contribution in [2.45, 2.75) is 48.5 Å². The lowest BCUT2D eigenvalue weighted by Crippen LogP contribution is -2.16. The highest BCUT2D eigenvalue weighted by Crippen LogP contribution is 2.43. The molecule has 3 N–H and O–H groups in total. The molecule has 3 atom stereocenters. The maximum absolute atomic E-state index is 12.6. The van der Waals surface area contributed by atoms with E-state index in [-0.39, 0.29) is 16.5 Å². The Balaban J connectivity index is 1.60. The van der Waals surface area contributed by atoms with E-state index in [1.165, 1.54) is 13.0 Å². The third-order valence-corrected chi connectivity index (χ3v) is 8.46. The summed E-state index contributed by atoms with van der Waals surface area (Å²) in [6.07, 6.45) is 2.79. The quantitative estimate of drug-likeness (QED) is 0.555. The van der Waals surface area contributed by atoms with Crippen molar-refractivity contribution >= 4 is 32.2 Å². The van der Waals surface area contributed by atoms with Gasteiger partial charge in [-0.15, -0.1) is 0 Å². The maximum Gasteiger partial charge on any atom is 0.261 e. The number of sulfone groups is 1. The van der Waals surface area contributed by atoms with E-state index in [9.17, 15) is 23.6 Å². The van der Waals surface area contributed by atoms with Gasteiger partial charge in [-0.25, -0.2) is 8.42 Å². The third kappa shape index (κ3) is 3.04. The second-order valence-electron chi connectivity index (χ2n) is 8.20. The first kappa shape index (κ1) is 19.8. The van der Waals surface area contributed by atoms with Crippen molar-refractivity contribution in [3.05, 3.63) is 46.4 Å². The number of H-pyrrole nitrogens is 1. The lowest BCUT2D eigenvalue weighted by Gasteiger charge is -2.14. The summed E-state index contributed by atoms with van der Waals surface area (Å²) in [6.45, 7) is 1.48. The fourth-order valence-corrected chi connectivity index (χ4v) is 6.00. The lowest BCUT2D eigenvalue weighted by atomic mass is 10.1. The molecular formula is C21H21N5O4S. The highest BCUT2D eigenvalue weighted by Gasteiger charge is 2.41. The summed E-state index contributed by atoms with van der Waals surface area (Å²) in [5.41, 5.74) is 1.17. The van der Waals surface area contributed by atoms with E-state index in [4.69, 9.17) is 0 Å². The smallest absolute Gasteiger partial charge is 0.261 e. The van der Waals surface area contributed by atoms with E-state index in [0.29, 0.717) is 40.3 Å². The molecule has 3 aromatic rings. The van der Waals surface area contributed by atoms with Crippen LogP contribution in [0.1, 0.15) is 43.9 Å². The number of hydrogen-bond acceptors (Lipinski definition) is 7. The predicted octanol–water partition coefficient (Wildman–Crippen LogP) is 2.54. The molecule has 1 fully saturated rings. The number of aromatic nitrogens is 3. The van der Waals surface area contributed by atoms with E-state index in [1.807, 2.05) is 0 Å². The molecule has 0 radical (unpaired) electrons. The summed E-state index contributed by atoms with van der Waals surface area (Å²) in [4.78, 5) is 15.4. The van der Waals surface area contributed by atoms with Gasteiger partial charge in [-0.05, 0) is 49.9 Å². The molecule has 0 saturated heterocycles. The molecule has 2 aromatic heterocycles. The number of aromatic amines is 1. The zero-order valence-corrected chi connectivity index (χ0v) is 17.6. The highest BCUT2D eigenvalue weighted by molar-refractivity contribution is 7.92. The van der Waals surface area contributed by atoms with Gasteiger partial charge in [0.1, 0.15) is 5.39 Å². The fraction of sp³-hybridized carbons (Fsp3) is 0.381. The van der Waals surface area contributed by atoms with E-state index in [2.05, 4.69) is 21.5 Å². The van der Waals surface area contributed by atoms with Gasteiger partial charge in [0.25, 0.3) is 5.56 Å². The molecule has 1 aliphatic carbocycles. The average Bonchev–Trinajstić information content (AvgIpc) is 3.50. The number of nitrogens with zero attached hydrogens (tertiary/aromatic N) is 3. The van der Waals surface area contributed by atoms with E-state index in [1.54, 1.807) is 29.1 Å². The Labute approximate surface area is 178 Å². The van der Waals surface area contributed by atoms with Crippen LogP contribution >= 0.6 is 0 Å². The average molecular weight is 439 g/mol. The Morgan fingerprint density at radius 1 is 1.39 bits per heavy atom. The van der Waals surface area contributed by atoms with Crippen molar-refractivity contribution in [3.8, 4) is 6.07 Å². The van der Waals surface area contributed by atoms with Crippen LogP contribution in [0, 0.1) is 17.2 Å². The molecule has 10 heteroatoms. The van der Waals surface area contributed by atoms with Gasteiger partial charge in [0, 0.05) is 17.4 Å². The summed E-state index contributed by atoms with van der Waals surface area (Å²) >= 11 is 0. The van der Waals surface area contributed by atoms with Crippen LogP contribution in [0.25, 0.3) is 10.9 Å². The van der Waals surface area contributed by atoms with Crippen molar-refractivity contribution < 1.29 is 13.5 Å². The second kappa shape index (κ2) is 6.93. The monoisotopic (exact) mass is 439 g/mol. The van der Waals surface area contributed by atoms with Crippen LogP contribution in [-0.4, -0.2) is 33.5 Å². The minimum absolute atomic E-state index is 0.113. The Hall–Kier alpha value is -3.16. The third-order valence-electron chi connectivity index (χ3n) is 6.24. The number of fused-ring (bicyclic) bond motifs is 2. The molecule has 3 unspecified atom stereocenters. The van der Waals surface area contributed by atoms with Crippen LogP contribution in [-0.2, 0) is 9.84 Å². The van der Waals surface area contributed by atoms with Crippen LogP contribution < -0.4 is 10.9 Å². The minimum atomic E-state index is -3.56. The summed E-state index contributed by atoms with van der Waals surface area (Å²) in [6, 6.07) is 8.51. The highest BCUT2D eigenvalue weighted by atomic mass is 32.2. The van der Waals surface area contributed by atoms with Gasteiger partial charge in [0.2, 0.25) is 0 Å². The molecule has 0 spiro atoms. The van der Waals surface area contributed by atoms with E-state index >= 15 is 0 Å². The largest absolute Gasteiger partial charge is 0.387 e. The molecule has 31 heavy (non-hydrogen) atoms. The van der Waals surface area contributed by atoms with Crippen molar-refractivity contribution in [1.82, 2.24) is 14.8 Å². The van der Waals surface area contributed by atoms with Crippen molar-refractivity contribution in [2.24, 2.45) is 5.92 Å². The topological polar surface area (TPSA) is 141 Å². The van der Waals surface area contributed by atoms with Gasteiger partial charge in [-0.3, -0.25) is 9.48 Å². The zero-order chi connectivity index (χ0) is 21.9. The molecule has 160 valence electrons. The van der Waals surface area contributed by atoms with Gasteiger partial charge in [-0.1, -0.05) is 0 Å². The van der Waals surface area contributed by atoms with Gasteiger partial charge in [0.05, 0.1) is 40.3 Å². The second-order valence-corrected chi connectivity index (χ2v) is 10.5. The number of pyridine rings is 1. The maximum atomic E-state index is 12.6. The van der Waals surface area contributed by atoms with Gasteiger partial charge >= 0.3 is 0 Å². The normalized spacial score (nSPS) is 22.7. The predicted molar refractivity (Wildman–Crippen MR) is 114 cm³/mol. The Kier molecular flexibility index (Phi) is 4.42. The first-order chi connectivity index (χ1) is 14.8.